The lowest BCUT2D eigenvalue weighted by atomic mass is 10.1. The largest absolute Gasteiger partial charge is 0.337 e. The summed E-state index contributed by atoms with van der Waals surface area (Å²) >= 11 is 1.76. The summed E-state index contributed by atoms with van der Waals surface area (Å²) < 4.78 is 0. The number of aryl methyl sites for hydroxylation is 1. The molecule has 2 N–H and O–H groups in total. The Labute approximate surface area is 125 Å². The van der Waals surface area contributed by atoms with E-state index < -0.39 is 0 Å². The van der Waals surface area contributed by atoms with E-state index in [4.69, 9.17) is 5.73 Å². The number of likely N-dealkylation sites (N-methyl/N-ethyl adjacent to an activating group) is 1. The molecule has 1 unspecified atom stereocenters. The van der Waals surface area contributed by atoms with Crippen molar-refractivity contribution in [3.63, 3.8) is 0 Å². The van der Waals surface area contributed by atoms with Crippen LogP contribution in [0.4, 0.5) is 0 Å². The molecule has 0 bridgehead atoms. The molecule has 2 rings (SSSR count). The lowest BCUT2D eigenvalue weighted by Crippen LogP contribution is -2.45. The quantitative estimate of drug-likeness (QED) is 0.924. The number of nitrogens with zero attached hydrogens (tertiary/aromatic N) is 2. The van der Waals surface area contributed by atoms with E-state index in [-0.39, 0.29) is 11.9 Å². The summed E-state index contributed by atoms with van der Waals surface area (Å²) in [4.78, 5) is 19.0. The molecule has 1 aromatic heterocycles. The second-order valence-corrected chi connectivity index (χ2v) is 7.06. The number of rotatable bonds is 4. The molecule has 0 spiro atoms. The van der Waals surface area contributed by atoms with Crippen LogP contribution >= 0.6 is 11.3 Å². The fourth-order valence-corrected chi connectivity index (χ4v) is 3.47. The Bertz CT molecular complexity index is 452. The Kier molecular flexibility index (Phi) is 5.18. The smallest absolute Gasteiger partial charge is 0.237 e. The Hall–Kier alpha value is -0.910. The van der Waals surface area contributed by atoms with Crippen molar-refractivity contribution in [3.8, 4) is 0 Å². The van der Waals surface area contributed by atoms with Gasteiger partial charge in [-0.15, -0.1) is 11.3 Å². The average Bonchev–Trinajstić information content (AvgIpc) is 2.86. The molecular weight excluding hydrogens is 270 g/mol. The van der Waals surface area contributed by atoms with Gasteiger partial charge in [0, 0.05) is 35.9 Å². The van der Waals surface area contributed by atoms with Gasteiger partial charge in [0.15, 0.2) is 0 Å². The molecule has 0 saturated carbocycles. The molecule has 0 aliphatic carbocycles. The highest BCUT2D eigenvalue weighted by atomic mass is 32.1. The summed E-state index contributed by atoms with van der Waals surface area (Å²) in [5.74, 6) is 0.194. The van der Waals surface area contributed by atoms with Gasteiger partial charge in [0.2, 0.25) is 5.91 Å². The molecule has 1 aliphatic rings. The molecule has 0 aromatic carbocycles. The molecule has 1 fully saturated rings. The van der Waals surface area contributed by atoms with Crippen LogP contribution in [-0.2, 0) is 4.79 Å². The van der Waals surface area contributed by atoms with Crippen molar-refractivity contribution < 1.29 is 4.79 Å². The van der Waals surface area contributed by atoms with E-state index in [1.54, 1.807) is 11.3 Å². The van der Waals surface area contributed by atoms with Crippen molar-refractivity contribution in [2.24, 2.45) is 5.73 Å². The molecule has 1 aromatic rings. The summed E-state index contributed by atoms with van der Waals surface area (Å²) in [6, 6.07) is 4.69. The minimum absolute atomic E-state index is 0.147. The topological polar surface area (TPSA) is 49.6 Å². The molecule has 0 radical (unpaired) electrons. The van der Waals surface area contributed by atoms with Crippen molar-refractivity contribution in [3.05, 3.63) is 21.9 Å². The third kappa shape index (κ3) is 3.81. The number of hydrogen-bond donors (Lipinski definition) is 1. The van der Waals surface area contributed by atoms with E-state index in [0.717, 1.165) is 25.9 Å². The van der Waals surface area contributed by atoms with Crippen molar-refractivity contribution in [1.29, 1.82) is 0 Å². The zero-order chi connectivity index (χ0) is 14.7. The van der Waals surface area contributed by atoms with E-state index in [1.807, 2.05) is 11.9 Å². The van der Waals surface area contributed by atoms with Gasteiger partial charge in [-0.2, -0.15) is 0 Å². The standard InChI is InChI=1S/C15H25N3OS/c1-11-4-5-14(20-11)12(2)17(3)15(19)10-18-8-6-13(16)7-9-18/h4-5,12-13H,6-10,16H2,1-3H3. The Morgan fingerprint density at radius 2 is 2.15 bits per heavy atom. The summed E-state index contributed by atoms with van der Waals surface area (Å²) in [6.45, 7) is 6.58. The van der Waals surface area contributed by atoms with Crippen molar-refractivity contribution in [2.75, 3.05) is 26.7 Å². The van der Waals surface area contributed by atoms with E-state index in [9.17, 15) is 4.79 Å². The minimum Gasteiger partial charge on any atom is -0.337 e. The number of amides is 1. The lowest BCUT2D eigenvalue weighted by Gasteiger charge is -2.32. The summed E-state index contributed by atoms with van der Waals surface area (Å²) in [5.41, 5.74) is 5.89. The van der Waals surface area contributed by atoms with Crippen LogP contribution in [-0.4, -0.2) is 48.4 Å². The second kappa shape index (κ2) is 6.70. The number of likely N-dealkylation sites (tertiary alicyclic amines) is 1. The highest BCUT2D eigenvalue weighted by Crippen LogP contribution is 2.26. The van der Waals surface area contributed by atoms with Gasteiger partial charge >= 0.3 is 0 Å². The fraction of sp³-hybridized carbons (Fsp3) is 0.667. The molecule has 1 atom stereocenters. The monoisotopic (exact) mass is 295 g/mol. The first-order valence-electron chi connectivity index (χ1n) is 7.27. The van der Waals surface area contributed by atoms with Crippen molar-refractivity contribution in [1.82, 2.24) is 9.80 Å². The predicted octanol–water partition coefficient (Wildman–Crippen LogP) is 2.00. The number of thiophene rings is 1. The lowest BCUT2D eigenvalue weighted by molar-refractivity contribution is -0.133. The van der Waals surface area contributed by atoms with Crippen LogP contribution in [0.2, 0.25) is 0 Å². The van der Waals surface area contributed by atoms with Crippen LogP contribution in [0.3, 0.4) is 0 Å². The molecule has 5 heteroatoms. The van der Waals surface area contributed by atoms with Crippen LogP contribution in [0.25, 0.3) is 0 Å². The molecule has 1 saturated heterocycles. The van der Waals surface area contributed by atoms with Crippen molar-refractivity contribution >= 4 is 17.2 Å². The maximum Gasteiger partial charge on any atom is 0.237 e. The van der Waals surface area contributed by atoms with Gasteiger partial charge in [-0.3, -0.25) is 9.69 Å². The van der Waals surface area contributed by atoms with E-state index in [1.165, 1.54) is 9.75 Å². The molecule has 1 aliphatic heterocycles. The number of carbonyl (C=O) groups excluding carboxylic acids is 1. The zero-order valence-corrected chi connectivity index (χ0v) is 13.4. The average molecular weight is 295 g/mol. The van der Waals surface area contributed by atoms with E-state index >= 15 is 0 Å². The first-order chi connectivity index (χ1) is 9.47. The minimum atomic E-state index is 0.147. The Morgan fingerprint density at radius 3 is 2.70 bits per heavy atom. The van der Waals surface area contributed by atoms with Crippen LogP contribution in [0.15, 0.2) is 12.1 Å². The summed E-state index contributed by atoms with van der Waals surface area (Å²) in [6.07, 6.45) is 1.99. The fourth-order valence-electron chi connectivity index (χ4n) is 2.50. The molecule has 112 valence electrons. The first-order valence-corrected chi connectivity index (χ1v) is 8.09. The number of hydrogen-bond acceptors (Lipinski definition) is 4. The van der Waals surface area contributed by atoms with E-state index in [0.29, 0.717) is 12.6 Å². The highest BCUT2D eigenvalue weighted by molar-refractivity contribution is 7.12. The molecule has 2 heterocycles. The normalized spacial score (nSPS) is 19.0. The van der Waals surface area contributed by atoms with Gasteiger partial charge in [0.1, 0.15) is 0 Å². The Morgan fingerprint density at radius 1 is 1.50 bits per heavy atom. The highest BCUT2D eigenvalue weighted by Gasteiger charge is 2.23. The maximum atomic E-state index is 12.4. The first kappa shape index (κ1) is 15.5. The van der Waals surface area contributed by atoms with Gasteiger partial charge < -0.3 is 10.6 Å². The number of carbonyl (C=O) groups is 1. The summed E-state index contributed by atoms with van der Waals surface area (Å²) in [5, 5.41) is 0. The Balaban J connectivity index is 1.88. The predicted molar refractivity (Wildman–Crippen MR) is 83.9 cm³/mol. The second-order valence-electron chi connectivity index (χ2n) is 5.74. The SMILES string of the molecule is Cc1ccc(C(C)N(C)C(=O)CN2CCC(N)CC2)s1. The summed E-state index contributed by atoms with van der Waals surface area (Å²) in [7, 11) is 1.90. The number of nitrogens with two attached hydrogens (primary N) is 1. The molecular formula is C15H25N3OS. The molecule has 4 nitrogen and oxygen atoms in total. The molecule has 20 heavy (non-hydrogen) atoms. The zero-order valence-electron chi connectivity index (χ0n) is 12.6. The van der Waals surface area contributed by atoms with Gasteiger partial charge in [-0.1, -0.05) is 0 Å². The number of piperidine rings is 1. The van der Waals surface area contributed by atoms with Gasteiger partial charge in [0.25, 0.3) is 0 Å². The third-order valence-corrected chi connectivity index (χ3v) is 5.31. The van der Waals surface area contributed by atoms with Crippen LogP contribution in [0.5, 0.6) is 0 Å². The van der Waals surface area contributed by atoms with Gasteiger partial charge in [0.05, 0.1) is 12.6 Å². The van der Waals surface area contributed by atoms with Crippen LogP contribution in [0.1, 0.15) is 35.6 Å². The van der Waals surface area contributed by atoms with Gasteiger partial charge in [-0.05, 0) is 38.8 Å². The van der Waals surface area contributed by atoms with Crippen molar-refractivity contribution in [2.45, 2.75) is 38.8 Å². The van der Waals surface area contributed by atoms with E-state index in [2.05, 4.69) is 30.9 Å². The maximum absolute atomic E-state index is 12.4. The third-order valence-electron chi connectivity index (χ3n) is 4.14. The van der Waals surface area contributed by atoms with Crippen LogP contribution < -0.4 is 5.73 Å². The molecule has 1 amide bonds. The van der Waals surface area contributed by atoms with Crippen LogP contribution in [0, 0.1) is 6.92 Å². The van der Waals surface area contributed by atoms with Gasteiger partial charge in [-0.25, -0.2) is 0 Å².